The van der Waals surface area contributed by atoms with Crippen LogP contribution in [0.2, 0.25) is 0 Å². The number of aromatic hydroxyl groups is 3. The molecular weight excluding hydrogens is 456 g/mol. The molecule has 4 aromatic rings. The highest BCUT2D eigenvalue weighted by Crippen LogP contribution is 2.35. The first-order chi connectivity index (χ1) is 17.4. The van der Waals surface area contributed by atoms with E-state index in [9.17, 15) is 15.3 Å². The molecule has 0 aliphatic carbocycles. The van der Waals surface area contributed by atoms with Gasteiger partial charge in [-0.2, -0.15) is 0 Å². The lowest BCUT2D eigenvalue weighted by Crippen LogP contribution is -2.13. The Kier molecular flexibility index (Phi) is 7.36. The van der Waals surface area contributed by atoms with Gasteiger partial charge in [0.25, 0.3) is 0 Å². The van der Waals surface area contributed by atoms with E-state index in [2.05, 4.69) is 47.6 Å². The molecule has 0 aromatic heterocycles. The fourth-order valence-corrected chi connectivity index (χ4v) is 5.32. The Morgan fingerprint density at radius 2 is 0.865 bits per heavy atom. The summed E-state index contributed by atoms with van der Waals surface area (Å²) in [5.41, 5.74) is 12.1. The molecule has 0 saturated carbocycles. The molecule has 0 saturated heterocycles. The van der Waals surface area contributed by atoms with Gasteiger partial charge in [0.15, 0.2) is 0 Å². The Labute approximate surface area is 221 Å². The molecule has 3 heteroatoms. The second kappa shape index (κ2) is 10.3. The number of benzene rings is 4. The molecule has 4 aromatic carbocycles. The number of rotatable bonds is 6. The van der Waals surface area contributed by atoms with Crippen LogP contribution in [0.15, 0.2) is 66.7 Å². The third-order valence-corrected chi connectivity index (χ3v) is 7.60. The zero-order valence-corrected chi connectivity index (χ0v) is 22.8. The summed E-state index contributed by atoms with van der Waals surface area (Å²) in [5, 5.41) is 30.0. The second-order valence-electron chi connectivity index (χ2n) is 11.3. The second-order valence-corrected chi connectivity index (χ2v) is 11.3. The van der Waals surface area contributed by atoms with E-state index in [1.165, 1.54) is 38.9 Å². The van der Waals surface area contributed by atoms with Crippen LogP contribution in [0.4, 0.5) is 0 Å². The standard InChI is InChI=1S/C34H38O3/c1-21-29(17-24-7-12-27(35)13-8-24)22(2)31(19-26-11-16-33(37)32(20-26)34(4,5)6)23(3)30(21)18-25-9-14-28(36)15-10-25/h7-16,20,35-37H,17-19H2,1-6H3. The molecule has 0 heterocycles. The zero-order chi connectivity index (χ0) is 26.9. The maximum atomic E-state index is 10.5. The third kappa shape index (κ3) is 5.83. The predicted molar refractivity (Wildman–Crippen MR) is 152 cm³/mol. The van der Waals surface area contributed by atoms with Crippen LogP contribution >= 0.6 is 0 Å². The van der Waals surface area contributed by atoms with E-state index < -0.39 is 0 Å². The van der Waals surface area contributed by atoms with Gasteiger partial charge in [-0.25, -0.2) is 0 Å². The normalized spacial score (nSPS) is 11.6. The summed E-state index contributed by atoms with van der Waals surface area (Å²) >= 11 is 0. The van der Waals surface area contributed by atoms with Gasteiger partial charge in [0, 0.05) is 0 Å². The van der Waals surface area contributed by atoms with Gasteiger partial charge in [0.1, 0.15) is 17.2 Å². The summed E-state index contributed by atoms with van der Waals surface area (Å²) in [4.78, 5) is 0. The van der Waals surface area contributed by atoms with Crippen LogP contribution in [0.1, 0.15) is 76.4 Å². The van der Waals surface area contributed by atoms with Gasteiger partial charge in [-0.15, -0.1) is 0 Å². The third-order valence-electron chi connectivity index (χ3n) is 7.60. The minimum absolute atomic E-state index is 0.147. The lowest BCUT2D eigenvalue weighted by molar-refractivity contribution is 0.446. The Morgan fingerprint density at radius 3 is 1.24 bits per heavy atom. The summed E-state index contributed by atoms with van der Waals surface area (Å²) < 4.78 is 0. The minimum Gasteiger partial charge on any atom is -0.508 e. The quantitative estimate of drug-likeness (QED) is 0.256. The van der Waals surface area contributed by atoms with Crippen molar-refractivity contribution in [2.24, 2.45) is 0 Å². The Morgan fingerprint density at radius 1 is 0.514 bits per heavy atom. The van der Waals surface area contributed by atoms with Crippen molar-refractivity contribution in [3.63, 3.8) is 0 Å². The van der Waals surface area contributed by atoms with E-state index in [1.807, 2.05) is 36.4 Å². The van der Waals surface area contributed by atoms with E-state index in [0.717, 1.165) is 36.0 Å². The van der Waals surface area contributed by atoms with Crippen LogP contribution in [0.5, 0.6) is 17.2 Å². The van der Waals surface area contributed by atoms with Gasteiger partial charge >= 0.3 is 0 Å². The van der Waals surface area contributed by atoms with Crippen molar-refractivity contribution in [2.45, 2.75) is 66.2 Å². The topological polar surface area (TPSA) is 60.7 Å². The molecule has 0 amide bonds. The SMILES string of the molecule is Cc1c(Cc2ccc(O)cc2)c(C)c(Cc2ccc(O)c(C(C)(C)C)c2)c(C)c1Cc1ccc(O)cc1. The first-order valence-electron chi connectivity index (χ1n) is 12.9. The summed E-state index contributed by atoms with van der Waals surface area (Å²) in [7, 11) is 0. The van der Waals surface area contributed by atoms with E-state index in [0.29, 0.717) is 5.75 Å². The van der Waals surface area contributed by atoms with Gasteiger partial charge in [-0.3, -0.25) is 0 Å². The fraction of sp³-hybridized carbons (Fsp3) is 0.294. The van der Waals surface area contributed by atoms with E-state index >= 15 is 0 Å². The average Bonchev–Trinajstić information content (AvgIpc) is 2.85. The molecule has 0 bridgehead atoms. The van der Waals surface area contributed by atoms with Gasteiger partial charge < -0.3 is 15.3 Å². The highest BCUT2D eigenvalue weighted by Gasteiger charge is 2.21. The molecule has 3 nitrogen and oxygen atoms in total. The van der Waals surface area contributed by atoms with E-state index in [-0.39, 0.29) is 16.9 Å². The zero-order valence-electron chi connectivity index (χ0n) is 22.8. The maximum absolute atomic E-state index is 10.5. The molecule has 4 rings (SSSR count). The Bertz CT molecular complexity index is 1330. The van der Waals surface area contributed by atoms with E-state index in [1.54, 1.807) is 24.3 Å². The predicted octanol–water partition coefficient (Wildman–Crippen LogP) is 7.80. The monoisotopic (exact) mass is 494 g/mol. The summed E-state index contributed by atoms with van der Waals surface area (Å²) in [6.45, 7) is 13.0. The van der Waals surface area contributed by atoms with Crippen LogP contribution in [-0.2, 0) is 24.7 Å². The van der Waals surface area contributed by atoms with E-state index in [4.69, 9.17) is 0 Å². The van der Waals surface area contributed by atoms with Crippen molar-refractivity contribution in [1.29, 1.82) is 0 Å². The van der Waals surface area contributed by atoms with Gasteiger partial charge in [-0.1, -0.05) is 57.2 Å². The van der Waals surface area contributed by atoms with Gasteiger partial charge in [-0.05, 0) is 131 Å². The lowest BCUT2D eigenvalue weighted by atomic mass is 9.80. The van der Waals surface area contributed by atoms with Crippen LogP contribution in [-0.4, -0.2) is 15.3 Å². The summed E-state index contributed by atoms with van der Waals surface area (Å²) in [6, 6.07) is 20.9. The molecule has 192 valence electrons. The number of hydrogen-bond acceptors (Lipinski definition) is 3. The van der Waals surface area contributed by atoms with Crippen LogP contribution < -0.4 is 0 Å². The molecule has 0 atom stereocenters. The molecule has 0 unspecified atom stereocenters. The van der Waals surface area contributed by atoms with Gasteiger partial charge in [0.05, 0.1) is 0 Å². The molecule has 3 N–H and O–H groups in total. The summed E-state index contributed by atoms with van der Waals surface area (Å²) in [6.07, 6.45) is 2.36. The smallest absolute Gasteiger partial charge is 0.119 e. The molecule has 0 fully saturated rings. The van der Waals surface area contributed by atoms with Crippen molar-refractivity contribution >= 4 is 0 Å². The first-order valence-corrected chi connectivity index (χ1v) is 12.9. The highest BCUT2D eigenvalue weighted by molar-refractivity contribution is 5.55. The molecule has 0 spiro atoms. The average molecular weight is 495 g/mol. The lowest BCUT2D eigenvalue weighted by Gasteiger charge is -2.24. The molecule has 0 radical (unpaired) electrons. The van der Waals surface area contributed by atoms with Crippen molar-refractivity contribution in [1.82, 2.24) is 0 Å². The summed E-state index contributed by atoms with van der Waals surface area (Å²) in [5.74, 6) is 0.892. The van der Waals surface area contributed by atoms with Crippen LogP contribution in [0.3, 0.4) is 0 Å². The Balaban J connectivity index is 1.84. The fourth-order valence-electron chi connectivity index (χ4n) is 5.32. The first kappa shape index (κ1) is 26.3. The van der Waals surface area contributed by atoms with Crippen LogP contribution in [0.25, 0.3) is 0 Å². The number of hydrogen-bond donors (Lipinski definition) is 3. The maximum Gasteiger partial charge on any atom is 0.119 e. The molecule has 37 heavy (non-hydrogen) atoms. The van der Waals surface area contributed by atoms with Gasteiger partial charge in [0.2, 0.25) is 0 Å². The van der Waals surface area contributed by atoms with Crippen molar-refractivity contribution < 1.29 is 15.3 Å². The number of phenolic OH excluding ortho intramolecular Hbond substituents is 3. The minimum atomic E-state index is -0.147. The highest BCUT2D eigenvalue weighted by atomic mass is 16.3. The largest absolute Gasteiger partial charge is 0.508 e. The molecule has 0 aliphatic rings. The Hall–Kier alpha value is -3.72. The van der Waals surface area contributed by atoms with Crippen LogP contribution in [0, 0.1) is 20.8 Å². The van der Waals surface area contributed by atoms with Crippen molar-refractivity contribution in [2.75, 3.05) is 0 Å². The van der Waals surface area contributed by atoms with Crippen molar-refractivity contribution in [3.05, 3.63) is 122 Å². The molecule has 0 aliphatic heterocycles. The van der Waals surface area contributed by atoms with Crippen molar-refractivity contribution in [3.8, 4) is 17.2 Å². The molecular formula is C34H38O3. The number of phenols is 3.